The molecule has 0 spiro atoms. The highest BCUT2D eigenvalue weighted by molar-refractivity contribution is 6.30. The van der Waals surface area contributed by atoms with Crippen LogP contribution in [0.3, 0.4) is 0 Å². The van der Waals surface area contributed by atoms with Crippen LogP contribution < -0.4 is 5.32 Å². The molecule has 25 heavy (non-hydrogen) atoms. The lowest BCUT2D eigenvalue weighted by Gasteiger charge is -2.32. The summed E-state index contributed by atoms with van der Waals surface area (Å²) < 4.78 is 0. The van der Waals surface area contributed by atoms with Crippen molar-refractivity contribution in [1.82, 2.24) is 4.90 Å². The Morgan fingerprint density at radius 2 is 1.96 bits per heavy atom. The van der Waals surface area contributed by atoms with Crippen LogP contribution in [0.15, 0.2) is 48.7 Å². The van der Waals surface area contributed by atoms with Crippen LogP contribution in [0.25, 0.3) is 6.08 Å². The second-order valence-corrected chi connectivity index (χ2v) is 6.53. The standard InChI is InChI=1S/C20H19ClN2O2/c1-13-11-16(21)7-8-18(13)22-20(25)12-19-17-6-4-3-5-15(17)9-10-23(19)14(2)24/h3-11,19H,12H2,1-2H3,(H,22,25). The number of anilines is 1. The maximum absolute atomic E-state index is 12.6. The highest BCUT2D eigenvalue weighted by Crippen LogP contribution is 2.33. The minimum Gasteiger partial charge on any atom is -0.326 e. The van der Waals surface area contributed by atoms with Crippen molar-refractivity contribution < 1.29 is 9.59 Å². The largest absolute Gasteiger partial charge is 0.326 e. The number of nitrogens with one attached hydrogen (secondary N) is 1. The molecule has 0 fully saturated rings. The zero-order chi connectivity index (χ0) is 18.0. The summed E-state index contributed by atoms with van der Waals surface area (Å²) in [5, 5.41) is 3.54. The van der Waals surface area contributed by atoms with Crippen molar-refractivity contribution in [2.45, 2.75) is 26.3 Å². The number of amides is 2. The Hall–Kier alpha value is -2.59. The molecule has 1 unspecified atom stereocenters. The maximum Gasteiger partial charge on any atom is 0.226 e. The molecule has 0 radical (unpaired) electrons. The molecule has 0 saturated heterocycles. The van der Waals surface area contributed by atoms with Gasteiger partial charge in [0.2, 0.25) is 11.8 Å². The van der Waals surface area contributed by atoms with Gasteiger partial charge in [0.15, 0.2) is 0 Å². The van der Waals surface area contributed by atoms with Crippen molar-refractivity contribution in [2.75, 3.05) is 5.32 Å². The van der Waals surface area contributed by atoms with E-state index in [1.807, 2.05) is 37.3 Å². The SMILES string of the molecule is CC(=O)N1C=Cc2ccccc2C1CC(=O)Nc1ccc(Cl)cc1C. The Morgan fingerprint density at radius 3 is 2.68 bits per heavy atom. The zero-order valence-corrected chi connectivity index (χ0v) is 14.9. The summed E-state index contributed by atoms with van der Waals surface area (Å²) in [6.45, 7) is 3.40. The molecule has 0 aliphatic carbocycles. The van der Waals surface area contributed by atoms with Crippen LogP contribution in [0.2, 0.25) is 5.02 Å². The number of carbonyl (C=O) groups excluding carboxylic acids is 2. The van der Waals surface area contributed by atoms with E-state index in [0.717, 1.165) is 22.4 Å². The second-order valence-electron chi connectivity index (χ2n) is 6.10. The first kappa shape index (κ1) is 17.2. The molecule has 3 rings (SSSR count). The van der Waals surface area contributed by atoms with E-state index in [0.29, 0.717) is 5.02 Å². The normalized spacial score (nSPS) is 15.6. The van der Waals surface area contributed by atoms with Gasteiger partial charge in [-0.2, -0.15) is 0 Å². The van der Waals surface area contributed by atoms with Gasteiger partial charge >= 0.3 is 0 Å². The summed E-state index contributed by atoms with van der Waals surface area (Å²) in [6, 6.07) is 12.8. The fourth-order valence-electron chi connectivity index (χ4n) is 3.06. The molecule has 1 aliphatic rings. The van der Waals surface area contributed by atoms with Crippen molar-refractivity contribution >= 4 is 35.2 Å². The highest BCUT2D eigenvalue weighted by atomic mass is 35.5. The molecule has 0 aromatic heterocycles. The number of aryl methyl sites for hydroxylation is 1. The number of halogens is 1. The Bertz CT molecular complexity index is 861. The van der Waals surface area contributed by atoms with Crippen LogP contribution in [0.1, 0.15) is 36.1 Å². The fourth-order valence-corrected chi connectivity index (χ4v) is 3.28. The van der Waals surface area contributed by atoms with E-state index in [4.69, 9.17) is 11.6 Å². The van der Waals surface area contributed by atoms with Gasteiger partial charge in [0.05, 0.1) is 12.5 Å². The molecule has 2 aromatic carbocycles. The number of carbonyl (C=O) groups is 2. The van der Waals surface area contributed by atoms with E-state index in [9.17, 15) is 9.59 Å². The Labute approximate surface area is 152 Å². The Balaban J connectivity index is 1.82. The van der Waals surface area contributed by atoms with E-state index in [2.05, 4.69) is 5.32 Å². The predicted molar refractivity (Wildman–Crippen MR) is 100 cm³/mol. The summed E-state index contributed by atoms with van der Waals surface area (Å²) in [4.78, 5) is 26.2. The minimum atomic E-state index is -0.314. The van der Waals surface area contributed by atoms with Crippen LogP contribution in [-0.2, 0) is 9.59 Å². The number of hydrogen-bond donors (Lipinski definition) is 1. The number of rotatable bonds is 3. The summed E-state index contributed by atoms with van der Waals surface area (Å²) in [5.74, 6) is -0.238. The average molecular weight is 355 g/mol. The van der Waals surface area contributed by atoms with Gasteiger partial charge in [-0.3, -0.25) is 9.59 Å². The van der Waals surface area contributed by atoms with E-state index in [1.165, 1.54) is 6.92 Å². The lowest BCUT2D eigenvalue weighted by atomic mass is 9.93. The molecule has 5 heteroatoms. The second kappa shape index (κ2) is 7.11. The lowest BCUT2D eigenvalue weighted by Crippen LogP contribution is -2.33. The van der Waals surface area contributed by atoms with Gasteiger partial charge in [-0.25, -0.2) is 0 Å². The van der Waals surface area contributed by atoms with Crippen LogP contribution in [0, 0.1) is 6.92 Å². The number of fused-ring (bicyclic) bond motifs is 1. The fraction of sp³-hybridized carbons (Fsp3) is 0.200. The molecule has 1 atom stereocenters. The monoisotopic (exact) mass is 354 g/mol. The lowest BCUT2D eigenvalue weighted by molar-refractivity contribution is -0.129. The molecule has 2 amide bonds. The van der Waals surface area contributed by atoms with E-state index in [1.54, 1.807) is 29.3 Å². The number of benzene rings is 2. The number of nitrogens with zero attached hydrogens (tertiary/aromatic N) is 1. The quantitative estimate of drug-likeness (QED) is 0.878. The van der Waals surface area contributed by atoms with Crippen molar-refractivity contribution in [3.63, 3.8) is 0 Å². The summed E-state index contributed by atoms with van der Waals surface area (Å²) in [6.07, 6.45) is 3.83. The van der Waals surface area contributed by atoms with Crippen molar-refractivity contribution in [2.24, 2.45) is 0 Å². The van der Waals surface area contributed by atoms with Crippen molar-refractivity contribution in [1.29, 1.82) is 0 Å². The first-order valence-electron chi connectivity index (χ1n) is 8.08. The summed E-state index contributed by atoms with van der Waals surface area (Å²) in [7, 11) is 0. The molecule has 128 valence electrons. The third-order valence-corrected chi connectivity index (χ3v) is 4.55. The third-order valence-electron chi connectivity index (χ3n) is 4.31. The van der Waals surface area contributed by atoms with Gasteiger partial charge in [-0.15, -0.1) is 0 Å². The average Bonchev–Trinajstić information content (AvgIpc) is 2.57. The topological polar surface area (TPSA) is 49.4 Å². The molecule has 1 N–H and O–H groups in total. The van der Waals surface area contributed by atoms with Crippen molar-refractivity contribution in [3.8, 4) is 0 Å². The van der Waals surface area contributed by atoms with E-state index < -0.39 is 0 Å². The zero-order valence-electron chi connectivity index (χ0n) is 14.1. The van der Waals surface area contributed by atoms with Gasteiger partial charge in [0.1, 0.15) is 0 Å². The number of hydrogen-bond acceptors (Lipinski definition) is 2. The molecule has 1 heterocycles. The molecule has 4 nitrogen and oxygen atoms in total. The van der Waals surface area contributed by atoms with E-state index >= 15 is 0 Å². The highest BCUT2D eigenvalue weighted by Gasteiger charge is 2.28. The van der Waals surface area contributed by atoms with Crippen molar-refractivity contribution in [3.05, 3.63) is 70.4 Å². The van der Waals surface area contributed by atoms with Crippen LogP contribution in [0.4, 0.5) is 5.69 Å². The maximum atomic E-state index is 12.6. The molecular formula is C20H19ClN2O2. The Morgan fingerprint density at radius 1 is 1.20 bits per heavy atom. The predicted octanol–water partition coefficient (Wildman–Crippen LogP) is 4.55. The first-order chi connectivity index (χ1) is 12.0. The molecule has 1 aliphatic heterocycles. The van der Waals surface area contributed by atoms with E-state index in [-0.39, 0.29) is 24.3 Å². The summed E-state index contributed by atoms with van der Waals surface area (Å²) >= 11 is 5.95. The molecule has 0 bridgehead atoms. The third kappa shape index (κ3) is 3.74. The van der Waals surface area contributed by atoms with Gasteiger partial charge in [0, 0.05) is 23.8 Å². The van der Waals surface area contributed by atoms with Gasteiger partial charge in [-0.1, -0.05) is 35.9 Å². The molecule has 2 aromatic rings. The Kier molecular flexibility index (Phi) is 4.91. The van der Waals surface area contributed by atoms with Crippen LogP contribution in [-0.4, -0.2) is 16.7 Å². The van der Waals surface area contributed by atoms with Gasteiger partial charge < -0.3 is 10.2 Å². The molecule has 0 saturated carbocycles. The van der Waals surface area contributed by atoms with Crippen LogP contribution >= 0.6 is 11.6 Å². The minimum absolute atomic E-state index is 0.0915. The van der Waals surface area contributed by atoms with Crippen LogP contribution in [0.5, 0.6) is 0 Å². The smallest absolute Gasteiger partial charge is 0.226 e. The molecular weight excluding hydrogens is 336 g/mol. The summed E-state index contributed by atoms with van der Waals surface area (Å²) in [5.41, 5.74) is 3.63. The first-order valence-corrected chi connectivity index (χ1v) is 8.45. The van der Waals surface area contributed by atoms with Gasteiger partial charge in [0.25, 0.3) is 0 Å². The van der Waals surface area contributed by atoms with Gasteiger partial charge in [-0.05, 0) is 47.9 Å².